The second-order valence-corrected chi connectivity index (χ2v) is 4.21. The number of nitrogens with zero attached hydrogens (tertiary/aromatic N) is 1. The predicted octanol–water partition coefficient (Wildman–Crippen LogP) is 0.116. The van der Waals surface area contributed by atoms with E-state index in [1.165, 1.54) is 0 Å². The molecule has 0 radical (unpaired) electrons. The number of urea groups is 1. The van der Waals surface area contributed by atoms with Crippen molar-refractivity contribution in [3.63, 3.8) is 0 Å². The lowest BCUT2D eigenvalue weighted by atomic mass is 10.7. The first-order valence-electron chi connectivity index (χ1n) is 2.46. The van der Waals surface area contributed by atoms with E-state index >= 15 is 0 Å². The fraction of sp³-hybridized carbons (Fsp3) is 0.667. The summed E-state index contributed by atoms with van der Waals surface area (Å²) in [4.78, 5) is 10.6. The summed E-state index contributed by atoms with van der Waals surface area (Å²) in [6.07, 6.45) is 0. The number of hydrazine groups is 2. The molecule has 0 aromatic heterocycles. The second kappa shape index (κ2) is 4.18. The van der Waals surface area contributed by atoms with Crippen LogP contribution in [0.25, 0.3) is 0 Å². The maximum absolute atomic E-state index is 10.6. The van der Waals surface area contributed by atoms with Gasteiger partial charge in [0.25, 0.3) is 0 Å². The normalized spacial score (nSPS) is 11.0. The standard InChI is InChI=1S/C3H7Cl3N4O/c4-3(5,6)1-10(8)2(11)9-7/h1,7-8H2,(H,9,11). The summed E-state index contributed by atoms with van der Waals surface area (Å²) in [6.45, 7) is -0.235. The van der Waals surface area contributed by atoms with Gasteiger partial charge in [0.05, 0.1) is 6.54 Å². The monoisotopic (exact) mass is 220 g/mol. The number of alkyl halides is 3. The lowest BCUT2D eigenvalue weighted by Gasteiger charge is -2.19. The number of hydrogen-bond acceptors (Lipinski definition) is 3. The smallest absolute Gasteiger partial charge is 0.275 e. The summed E-state index contributed by atoms with van der Waals surface area (Å²) in [5.41, 5.74) is 1.77. The number of nitrogens with two attached hydrogens (primary N) is 2. The van der Waals surface area contributed by atoms with Crippen LogP contribution in [0.1, 0.15) is 0 Å². The van der Waals surface area contributed by atoms with Gasteiger partial charge in [-0.25, -0.2) is 16.5 Å². The van der Waals surface area contributed by atoms with Crippen LogP contribution in [0, 0.1) is 0 Å². The van der Waals surface area contributed by atoms with Crippen LogP contribution in [-0.2, 0) is 0 Å². The Morgan fingerprint density at radius 1 is 1.55 bits per heavy atom. The lowest BCUT2D eigenvalue weighted by Crippen LogP contribution is -2.50. The van der Waals surface area contributed by atoms with Crippen LogP contribution in [0.2, 0.25) is 0 Å². The van der Waals surface area contributed by atoms with Crippen LogP contribution >= 0.6 is 34.8 Å². The van der Waals surface area contributed by atoms with Crippen molar-refractivity contribution in [1.82, 2.24) is 10.4 Å². The highest BCUT2D eigenvalue weighted by molar-refractivity contribution is 6.67. The molecule has 5 nitrogen and oxygen atoms in total. The molecule has 0 aliphatic rings. The van der Waals surface area contributed by atoms with Gasteiger partial charge < -0.3 is 0 Å². The van der Waals surface area contributed by atoms with Gasteiger partial charge in [-0.3, -0.25) is 10.4 Å². The van der Waals surface area contributed by atoms with E-state index in [2.05, 4.69) is 0 Å². The zero-order valence-electron chi connectivity index (χ0n) is 5.35. The van der Waals surface area contributed by atoms with Gasteiger partial charge in [-0.05, 0) is 0 Å². The Labute approximate surface area is 78.5 Å². The van der Waals surface area contributed by atoms with E-state index in [1.807, 2.05) is 0 Å². The molecule has 0 aliphatic carbocycles. The quantitative estimate of drug-likeness (QED) is 0.254. The first-order chi connectivity index (χ1) is 4.87. The zero-order chi connectivity index (χ0) is 9.07. The van der Waals surface area contributed by atoms with Gasteiger partial charge >= 0.3 is 6.03 Å². The zero-order valence-corrected chi connectivity index (χ0v) is 7.62. The number of amides is 2. The molecule has 0 bridgehead atoms. The van der Waals surface area contributed by atoms with Gasteiger partial charge in [-0.15, -0.1) is 0 Å². The van der Waals surface area contributed by atoms with E-state index in [1.54, 1.807) is 5.43 Å². The molecule has 0 fully saturated rings. The minimum Gasteiger partial charge on any atom is -0.275 e. The number of carbonyl (C=O) groups excluding carboxylic acids is 1. The molecular weight excluding hydrogens is 214 g/mol. The lowest BCUT2D eigenvalue weighted by molar-refractivity contribution is 0.200. The molecule has 0 unspecified atom stereocenters. The summed E-state index contributed by atoms with van der Waals surface area (Å²) in [7, 11) is 0. The predicted molar refractivity (Wildman–Crippen MR) is 43.9 cm³/mol. The summed E-state index contributed by atoms with van der Waals surface area (Å²) < 4.78 is -1.60. The Hall–Kier alpha value is 0.0600. The second-order valence-electron chi connectivity index (χ2n) is 1.69. The minimum absolute atomic E-state index is 0.235. The van der Waals surface area contributed by atoms with Crippen molar-refractivity contribution < 1.29 is 4.79 Å². The number of nitrogens with one attached hydrogen (secondary N) is 1. The van der Waals surface area contributed by atoms with E-state index < -0.39 is 9.82 Å². The van der Waals surface area contributed by atoms with Crippen LogP contribution in [0.5, 0.6) is 0 Å². The van der Waals surface area contributed by atoms with E-state index in [0.29, 0.717) is 5.01 Å². The molecule has 0 saturated carbocycles. The Balaban J connectivity index is 3.87. The third-order valence-electron chi connectivity index (χ3n) is 0.734. The highest BCUT2D eigenvalue weighted by atomic mass is 35.6. The van der Waals surface area contributed by atoms with Crippen molar-refractivity contribution in [1.29, 1.82) is 0 Å². The van der Waals surface area contributed by atoms with Crippen molar-refractivity contribution in [3.8, 4) is 0 Å². The van der Waals surface area contributed by atoms with Crippen LogP contribution in [0.4, 0.5) is 4.79 Å². The number of carbonyl (C=O) groups is 1. The van der Waals surface area contributed by atoms with Crippen molar-refractivity contribution in [2.75, 3.05) is 6.54 Å². The molecular formula is C3H7Cl3N4O. The maximum atomic E-state index is 10.6. The number of hydrogen-bond donors (Lipinski definition) is 3. The highest BCUT2D eigenvalue weighted by Gasteiger charge is 2.24. The molecule has 0 aromatic carbocycles. The van der Waals surface area contributed by atoms with E-state index in [0.717, 1.165) is 0 Å². The first kappa shape index (κ1) is 11.1. The Morgan fingerprint density at radius 3 is 2.27 bits per heavy atom. The van der Waals surface area contributed by atoms with Crippen molar-refractivity contribution in [2.24, 2.45) is 11.7 Å². The summed E-state index contributed by atoms with van der Waals surface area (Å²) >= 11 is 16.0. The molecule has 0 aliphatic heterocycles. The molecule has 0 aromatic rings. The third kappa shape index (κ3) is 5.34. The fourth-order valence-corrected chi connectivity index (χ4v) is 0.734. The van der Waals surface area contributed by atoms with Gasteiger partial charge in [0.1, 0.15) is 0 Å². The molecule has 0 saturated heterocycles. The summed E-state index contributed by atoms with van der Waals surface area (Å²) in [5.74, 6) is 9.84. The van der Waals surface area contributed by atoms with E-state index in [-0.39, 0.29) is 6.54 Å². The number of halogens is 3. The van der Waals surface area contributed by atoms with E-state index in [4.69, 9.17) is 46.5 Å². The van der Waals surface area contributed by atoms with Gasteiger partial charge in [0, 0.05) is 0 Å². The minimum atomic E-state index is -1.60. The van der Waals surface area contributed by atoms with Crippen LogP contribution in [0.15, 0.2) is 0 Å². The molecule has 66 valence electrons. The van der Waals surface area contributed by atoms with Crippen molar-refractivity contribution >= 4 is 40.8 Å². The van der Waals surface area contributed by atoms with Gasteiger partial charge in [-0.1, -0.05) is 34.8 Å². The van der Waals surface area contributed by atoms with Gasteiger partial charge in [0.15, 0.2) is 0 Å². The molecule has 0 heterocycles. The maximum Gasteiger partial charge on any atom is 0.345 e. The highest BCUT2D eigenvalue weighted by Crippen LogP contribution is 2.25. The average Bonchev–Trinajstić information content (AvgIpc) is 1.82. The Morgan fingerprint density at radius 2 is 2.00 bits per heavy atom. The van der Waals surface area contributed by atoms with Crippen molar-refractivity contribution in [2.45, 2.75) is 3.79 Å². The van der Waals surface area contributed by atoms with Gasteiger partial charge in [-0.2, -0.15) is 0 Å². The molecule has 2 amide bonds. The SMILES string of the molecule is NNC(=O)N(N)CC(Cl)(Cl)Cl. The average molecular weight is 221 g/mol. The first-order valence-corrected chi connectivity index (χ1v) is 3.60. The summed E-state index contributed by atoms with van der Waals surface area (Å²) in [6, 6.07) is -0.726. The van der Waals surface area contributed by atoms with Crippen LogP contribution < -0.4 is 17.1 Å². The van der Waals surface area contributed by atoms with Crippen LogP contribution in [-0.4, -0.2) is 21.4 Å². The number of rotatable bonds is 1. The van der Waals surface area contributed by atoms with Crippen molar-refractivity contribution in [3.05, 3.63) is 0 Å². The molecule has 0 spiro atoms. The van der Waals surface area contributed by atoms with Gasteiger partial charge in [0.2, 0.25) is 3.79 Å². The molecule has 0 rings (SSSR count). The molecule has 8 heteroatoms. The molecule has 11 heavy (non-hydrogen) atoms. The molecule has 5 N–H and O–H groups in total. The Bertz CT molecular complexity index is 146. The fourth-order valence-electron chi connectivity index (χ4n) is 0.348. The molecule has 0 atom stereocenters. The summed E-state index contributed by atoms with van der Waals surface area (Å²) in [5, 5.41) is 0.660. The largest absolute Gasteiger partial charge is 0.345 e. The Kier molecular flexibility index (Phi) is 4.20. The van der Waals surface area contributed by atoms with Crippen LogP contribution in [0.3, 0.4) is 0 Å². The topological polar surface area (TPSA) is 84.4 Å². The third-order valence-corrected chi connectivity index (χ3v) is 1.09. The van der Waals surface area contributed by atoms with E-state index in [9.17, 15) is 4.79 Å².